The van der Waals surface area contributed by atoms with Crippen molar-refractivity contribution in [2.24, 2.45) is 5.73 Å². The summed E-state index contributed by atoms with van der Waals surface area (Å²) in [6, 6.07) is 7.08. The Morgan fingerprint density at radius 2 is 2.12 bits per heavy atom. The zero-order chi connectivity index (χ0) is 12.0. The van der Waals surface area contributed by atoms with Gasteiger partial charge in [0, 0.05) is 5.56 Å². The number of benzene rings is 1. The van der Waals surface area contributed by atoms with Gasteiger partial charge >= 0.3 is 5.97 Å². The first-order valence-electron chi connectivity index (χ1n) is 5.06. The molecule has 3 heteroatoms. The lowest BCUT2D eigenvalue weighted by molar-refractivity contribution is -0.142. The number of methoxy groups -OCH3 is 1. The van der Waals surface area contributed by atoms with Gasteiger partial charge in [-0.2, -0.15) is 0 Å². The molecule has 2 N–H and O–H groups in total. The van der Waals surface area contributed by atoms with Gasteiger partial charge in [-0.15, -0.1) is 6.42 Å². The summed E-state index contributed by atoms with van der Waals surface area (Å²) in [5.41, 5.74) is 7.58. The maximum Gasteiger partial charge on any atom is 0.322 e. The first kappa shape index (κ1) is 12.3. The molecule has 0 aliphatic heterocycles. The number of ether oxygens (including phenoxy) is 1. The SMILES string of the molecule is C#Cc1ccc(CC[C@H](N)C(=O)OC)cc1. The smallest absolute Gasteiger partial charge is 0.322 e. The maximum atomic E-state index is 11.1. The zero-order valence-corrected chi connectivity index (χ0v) is 9.27. The van der Waals surface area contributed by atoms with Crippen LogP contribution in [0.25, 0.3) is 0 Å². The van der Waals surface area contributed by atoms with Gasteiger partial charge in [0.05, 0.1) is 7.11 Å². The number of terminal acetylenes is 1. The van der Waals surface area contributed by atoms with Crippen LogP contribution in [0.3, 0.4) is 0 Å². The van der Waals surface area contributed by atoms with Crippen molar-refractivity contribution in [2.75, 3.05) is 7.11 Å². The molecule has 0 heterocycles. The Morgan fingerprint density at radius 1 is 1.50 bits per heavy atom. The Hall–Kier alpha value is -1.79. The summed E-state index contributed by atoms with van der Waals surface area (Å²) in [5, 5.41) is 0. The molecule has 1 rings (SSSR count). The second-order valence-corrected chi connectivity index (χ2v) is 3.51. The van der Waals surface area contributed by atoms with Crippen molar-refractivity contribution >= 4 is 5.97 Å². The number of rotatable bonds is 4. The number of aryl methyl sites for hydroxylation is 1. The molecule has 84 valence electrons. The molecule has 0 saturated carbocycles. The van der Waals surface area contributed by atoms with E-state index in [0.717, 1.165) is 17.5 Å². The topological polar surface area (TPSA) is 52.3 Å². The number of carbonyl (C=O) groups is 1. The van der Waals surface area contributed by atoms with Crippen molar-refractivity contribution in [3.8, 4) is 12.3 Å². The highest BCUT2D eigenvalue weighted by atomic mass is 16.5. The van der Waals surface area contributed by atoms with Crippen LogP contribution in [0.1, 0.15) is 17.5 Å². The van der Waals surface area contributed by atoms with Crippen LogP contribution in [0.4, 0.5) is 0 Å². The first-order valence-corrected chi connectivity index (χ1v) is 5.06. The summed E-state index contributed by atoms with van der Waals surface area (Å²) in [6.45, 7) is 0. The fourth-order valence-electron chi connectivity index (χ4n) is 1.36. The molecule has 0 saturated heterocycles. The molecule has 0 spiro atoms. The number of hydrogen-bond acceptors (Lipinski definition) is 3. The molecule has 1 aromatic carbocycles. The van der Waals surface area contributed by atoms with Crippen LogP contribution in [-0.4, -0.2) is 19.1 Å². The minimum atomic E-state index is -0.558. The second kappa shape index (κ2) is 5.94. The fourth-order valence-corrected chi connectivity index (χ4v) is 1.36. The Labute approximate surface area is 95.6 Å². The van der Waals surface area contributed by atoms with Crippen LogP contribution >= 0.6 is 0 Å². The van der Waals surface area contributed by atoms with Crippen LogP contribution in [-0.2, 0) is 16.0 Å². The number of carbonyl (C=O) groups excluding carboxylic acids is 1. The van der Waals surface area contributed by atoms with Gasteiger partial charge in [-0.05, 0) is 30.5 Å². The fraction of sp³-hybridized carbons (Fsp3) is 0.308. The highest BCUT2D eigenvalue weighted by Gasteiger charge is 2.12. The molecule has 0 unspecified atom stereocenters. The Morgan fingerprint density at radius 3 is 2.62 bits per heavy atom. The Kier molecular flexibility index (Phi) is 4.56. The lowest BCUT2D eigenvalue weighted by Gasteiger charge is -2.08. The van der Waals surface area contributed by atoms with E-state index in [1.54, 1.807) is 0 Å². The van der Waals surface area contributed by atoms with Crippen molar-refractivity contribution in [1.82, 2.24) is 0 Å². The first-order chi connectivity index (χ1) is 7.67. The van der Waals surface area contributed by atoms with Gasteiger partial charge in [0.15, 0.2) is 0 Å². The van der Waals surface area contributed by atoms with Gasteiger partial charge < -0.3 is 10.5 Å². The molecule has 1 atom stereocenters. The van der Waals surface area contributed by atoms with Gasteiger partial charge in [0.1, 0.15) is 6.04 Å². The third kappa shape index (κ3) is 3.41. The van der Waals surface area contributed by atoms with Crippen LogP contribution < -0.4 is 5.73 Å². The highest BCUT2D eigenvalue weighted by Crippen LogP contribution is 2.07. The molecule has 16 heavy (non-hydrogen) atoms. The second-order valence-electron chi connectivity index (χ2n) is 3.51. The molecular formula is C13H15NO2. The van der Waals surface area contributed by atoms with Crippen LogP contribution in [0.2, 0.25) is 0 Å². The molecular weight excluding hydrogens is 202 g/mol. The van der Waals surface area contributed by atoms with Crippen molar-refractivity contribution in [1.29, 1.82) is 0 Å². The number of nitrogens with two attached hydrogens (primary N) is 1. The minimum Gasteiger partial charge on any atom is -0.468 e. The molecule has 1 aromatic rings. The van der Waals surface area contributed by atoms with E-state index in [1.807, 2.05) is 24.3 Å². The molecule has 0 aliphatic rings. The summed E-state index contributed by atoms with van der Waals surface area (Å²) in [5.74, 6) is 2.17. The van der Waals surface area contributed by atoms with Gasteiger partial charge in [0.2, 0.25) is 0 Å². The van der Waals surface area contributed by atoms with Gasteiger partial charge in [-0.25, -0.2) is 0 Å². The van der Waals surface area contributed by atoms with Crippen LogP contribution in [0.5, 0.6) is 0 Å². The van der Waals surface area contributed by atoms with Crippen molar-refractivity contribution in [3.63, 3.8) is 0 Å². The normalized spacial score (nSPS) is 11.6. The highest BCUT2D eigenvalue weighted by molar-refractivity contribution is 5.75. The van der Waals surface area contributed by atoms with Gasteiger partial charge in [-0.1, -0.05) is 18.1 Å². The van der Waals surface area contributed by atoms with Crippen molar-refractivity contribution in [2.45, 2.75) is 18.9 Å². The standard InChI is InChI=1S/C13H15NO2/c1-3-10-4-6-11(7-5-10)8-9-12(14)13(15)16-2/h1,4-7,12H,8-9,14H2,2H3/t12-/m0/s1. The Balaban J connectivity index is 2.49. The van der Waals surface area contributed by atoms with E-state index >= 15 is 0 Å². The molecule has 0 radical (unpaired) electrons. The molecule has 0 aliphatic carbocycles. The molecule has 0 amide bonds. The average molecular weight is 217 g/mol. The summed E-state index contributed by atoms with van der Waals surface area (Å²) < 4.78 is 4.55. The summed E-state index contributed by atoms with van der Waals surface area (Å²) >= 11 is 0. The molecule has 0 fully saturated rings. The van der Waals surface area contributed by atoms with E-state index in [1.165, 1.54) is 7.11 Å². The van der Waals surface area contributed by atoms with E-state index in [2.05, 4.69) is 10.7 Å². The van der Waals surface area contributed by atoms with E-state index in [9.17, 15) is 4.79 Å². The third-order valence-corrected chi connectivity index (χ3v) is 2.37. The van der Waals surface area contributed by atoms with E-state index in [4.69, 9.17) is 12.2 Å². The minimum absolute atomic E-state index is 0.375. The van der Waals surface area contributed by atoms with Crippen LogP contribution in [0, 0.1) is 12.3 Å². The molecule has 3 nitrogen and oxygen atoms in total. The average Bonchev–Trinajstić information content (AvgIpc) is 2.35. The van der Waals surface area contributed by atoms with E-state index in [-0.39, 0.29) is 5.97 Å². The molecule has 0 aromatic heterocycles. The quantitative estimate of drug-likeness (QED) is 0.607. The van der Waals surface area contributed by atoms with E-state index in [0.29, 0.717) is 6.42 Å². The van der Waals surface area contributed by atoms with Gasteiger partial charge in [0.25, 0.3) is 0 Å². The van der Waals surface area contributed by atoms with Crippen LogP contribution in [0.15, 0.2) is 24.3 Å². The lowest BCUT2D eigenvalue weighted by Crippen LogP contribution is -2.31. The summed E-state index contributed by atoms with van der Waals surface area (Å²) in [6.07, 6.45) is 6.56. The monoisotopic (exact) mass is 217 g/mol. The summed E-state index contributed by atoms with van der Waals surface area (Å²) in [7, 11) is 1.34. The predicted molar refractivity (Wildman–Crippen MR) is 62.7 cm³/mol. The maximum absolute atomic E-state index is 11.1. The van der Waals surface area contributed by atoms with Crippen molar-refractivity contribution < 1.29 is 9.53 Å². The lowest BCUT2D eigenvalue weighted by atomic mass is 10.0. The van der Waals surface area contributed by atoms with Crippen molar-refractivity contribution in [3.05, 3.63) is 35.4 Å². The van der Waals surface area contributed by atoms with E-state index < -0.39 is 6.04 Å². The summed E-state index contributed by atoms with van der Waals surface area (Å²) in [4.78, 5) is 11.1. The predicted octanol–water partition coefficient (Wildman–Crippen LogP) is 1.10. The molecule has 0 bridgehead atoms. The largest absolute Gasteiger partial charge is 0.468 e. The third-order valence-electron chi connectivity index (χ3n) is 2.37. The number of hydrogen-bond donors (Lipinski definition) is 1. The van der Waals surface area contributed by atoms with Gasteiger partial charge in [-0.3, -0.25) is 4.79 Å². The number of esters is 1. The Bertz CT molecular complexity index is 389. The zero-order valence-electron chi connectivity index (χ0n) is 9.27.